The molecular weight excluding hydrogens is 222 g/mol. The minimum absolute atomic E-state index is 0.225. The first kappa shape index (κ1) is 13.7. The highest BCUT2D eigenvalue weighted by Gasteiger charge is 2.11. The summed E-state index contributed by atoms with van der Waals surface area (Å²) in [5.74, 6) is 1.04. The van der Waals surface area contributed by atoms with Gasteiger partial charge in [0.15, 0.2) is 0 Å². The Hall–Kier alpha value is -1.40. The van der Waals surface area contributed by atoms with Gasteiger partial charge in [-0.15, -0.1) is 0 Å². The van der Waals surface area contributed by atoms with Gasteiger partial charge in [-0.25, -0.2) is 9.97 Å². The third-order valence-corrected chi connectivity index (χ3v) is 2.32. The van der Waals surface area contributed by atoms with Gasteiger partial charge < -0.3 is 19.9 Å². The van der Waals surface area contributed by atoms with Crippen LogP contribution in [-0.4, -0.2) is 42.4 Å². The van der Waals surface area contributed by atoms with Gasteiger partial charge in [0.25, 0.3) is 0 Å². The molecule has 96 valence electrons. The lowest BCUT2D eigenvalue weighted by molar-refractivity contribution is 0.283. The molecule has 0 saturated carbocycles. The molecule has 0 atom stereocenters. The van der Waals surface area contributed by atoms with Gasteiger partial charge in [-0.1, -0.05) is 0 Å². The van der Waals surface area contributed by atoms with Crippen molar-refractivity contribution in [3.8, 4) is 11.8 Å². The molecule has 0 aromatic carbocycles. The van der Waals surface area contributed by atoms with Crippen LogP contribution in [0.5, 0.6) is 11.8 Å². The average Bonchev–Trinajstić information content (AvgIpc) is 2.38. The maximum atomic E-state index is 8.66. The normalized spacial score (nSPS) is 10.3. The first-order chi connectivity index (χ1) is 8.33. The topological polar surface area (TPSA) is 76.5 Å². The van der Waals surface area contributed by atoms with Crippen molar-refractivity contribution < 1.29 is 14.6 Å². The fraction of sp³-hybridized carbons (Fsp3) is 0.636. The van der Waals surface area contributed by atoms with E-state index >= 15 is 0 Å². The number of nitrogens with one attached hydrogen (secondary N) is 1. The molecule has 0 fully saturated rings. The van der Waals surface area contributed by atoms with E-state index in [9.17, 15) is 0 Å². The van der Waals surface area contributed by atoms with Crippen molar-refractivity contribution in [3.05, 3.63) is 11.9 Å². The summed E-state index contributed by atoms with van der Waals surface area (Å²) in [6.07, 6.45) is 3.13. The maximum absolute atomic E-state index is 8.66. The molecule has 1 heterocycles. The van der Waals surface area contributed by atoms with Gasteiger partial charge >= 0.3 is 0 Å². The molecule has 1 aromatic heterocycles. The quantitative estimate of drug-likeness (QED) is 0.640. The van der Waals surface area contributed by atoms with Crippen LogP contribution in [-0.2, 0) is 6.54 Å². The summed E-state index contributed by atoms with van der Waals surface area (Å²) in [4.78, 5) is 8.06. The van der Waals surface area contributed by atoms with E-state index in [4.69, 9.17) is 14.6 Å². The smallest absolute Gasteiger partial charge is 0.224 e. The number of rotatable bonds is 8. The monoisotopic (exact) mass is 241 g/mol. The maximum Gasteiger partial charge on any atom is 0.224 e. The summed E-state index contributed by atoms with van der Waals surface area (Å²) >= 11 is 0. The zero-order valence-electron chi connectivity index (χ0n) is 10.3. The van der Waals surface area contributed by atoms with E-state index in [-0.39, 0.29) is 6.61 Å². The highest BCUT2D eigenvalue weighted by atomic mass is 16.5. The van der Waals surface area contributed by atoms with Crippen LogP contribution < -0.4 is 14.8 Å². The van der Waals surface area contributed by atoms with Crippen molar-refractivity contribution in [1.29, 1.82) is 0 Å². The largest absolute Gasteiger partial charge is 0.481 e. The molecule has 0 aliphatic heterocycles. The summed E-state index contributed by atoms with van der Waals surface area (Å²) in [5, 5.41) is 11.9. The molecule has 1 aromatic rings. The van der Waals surface area contributed by atoms with Gasteiger partial charge in [0.1, 0.15) is 6.33 Å². The van der Waals surface area contributed by atoms with E-state index in [0.29, 0.717) is 18.3 Å². The SMILES string of the molecule is COc1ncnc(OC)c1CNCCCCO. The Kier molecular flexibility index (Phi) is 6.27. The van der Waals surface area contributed by atoms with Crippen molar-refractivity contribution in [3.63, 3.8) is 0 Å². The van der Waals surface area contributed by atoms with Crippen LogP contribution in [0.2, 0.25) is 0 Å². The van der Waals surface area contributed by atoms with Gasteiger partial charge in [0.2, 0.25) is 11.8 Å². The van der Waals surface area contributed by atoms with Crippen LogP contribution >= 0.6 is 0 Å². The number of hydrogen-bond acceptors (Lipinski definition) is 6. The van der Waals surface area contributed by atoms with Crippen molar-refractivity contribution in [2.45, 2.75) is 19.4 Å². The summed E-state index contributed by atoms with van der Waals surface area (Å²) in [6.45, 7) is 1.63. The van der Waals surface area contributed by atoms with E-state index in [1.165, 1.54) is 6.33 Å². The van der Waals surface area contributed by atoms with Crippen LogP contribution in [0, 0.1) is 0 Å². The molecule has 0 spiro atoms. The number of aliphatic hydroxyl groups excluding tert-OH is 1. The number of unbranched alkanes of at least 4 members (excludes halogenated alkanes) is 1. The Morgan fingerprint density at radius 2 is 1.82 bits per heavy atom. The fourth-order valence-corrected chi connectivity index (χ4v) is 1.46. The molecule has 0 aliphatic rings. The zero-order valence-corrected chi connectivity index (χ0v) is 10.3. The molecule has 6 nitrogen and oxygen atoms in total. The molecule has 0 saturated heterocycles. The molecule has 0 amide bonds. The van der Waals surface area contributed by atoms with Crippen LogP contribution in [0.25, 0.3) is 0 Å². The van der Waals surface area contributed by atoms with Gasteiger partial charge in [0, 0.05) is 13.2 Å². The molecule has 1 rings (SSSR count). The predicted molar refractivity (Wildman–Crippen MR) is 63.2 cm³/mol. The summed E-state index contributed by atoms with van der Waals surface area (Å²) in [7, 11) is 3.13. The van der Waals surface area contributed by atoms with Crippen LogP contribution in [0.3, 0.4) is 0 Å². The van der Waals surface area contributed by atoms with E-state index in [2.05, 4.69) is 15.3 Å². The van der Waals surface area contributed by atoms with Crippen LogP contribution in [0.4, 0.5) is 0 Å². The lowest BCUT2D eigenvalue weighted by Crippen LogP contribution is -2.17. The van der Waals surface area contributed by atoms with E-state index in [1.54, 1.807) is 14.2 Å². The summed E-state index contributed by atoms with van der Waals surface area (Å²) in [5.41, 5.74) is 0.807. The van der Waals surface area contributed by atoms with E-state index < -0.39 is 0 Å². The molecule has 0 aliphatic carbocycles. The van der Waals surface area contributed by atoms with Crippen molar-refractivity contribution in [2.24, 2.45) is 0 Å². The van der Waals surface area contributed by atoms with Crippen molar-refractivity contribution in [2.75, 3.05) is 27.4 Å². The summed E-state index contributed by atoms with van der Waals surface area (Å²) < 4.78 is 10.3. The van der Waals surface area contributed by atoms with Crippen molar-refractivity contribution in [1.82, 2.24) is 15.3 Å². The number of ether oxygens (including phenoxy) is 2. The Balaban J connectivity index is 2.55. The number of hydrogen-bond donors (Lipinski definition) is 2. The molecule has 0 unspecified atom stereocenters. The first-order valence-electron chi connectivity index (χ1n) is 5.57. The zero-order chi connectivity index (χ0) is 12.5. The van der Waals surface area contributed by atoms with E-state index in [1.807, 2.05) is 0 Å². The number of aliphatic hydroxyl groups is 1. The third kappa shape index (κ3) is 4.16. The first-order valence-corrected chi connectivity index (χ1v) is 5.57. The number of methoxy groups -OCH3 is 2. The molecule has 17 heavy (non-hydrogen) atoms. The second-order valence-corrected chi connectivity index (χ2v) is 3.48. The molecule has 0 bridgehead atoms. The van der Waals surface area contributed by atoms with Gasteiger partial charge in [0.05, 0.1) is 19.8 Å². The number of nitrogens with zero attached hydrogens (tertiary/aromatic N) is 2. The standard InChI is InChI=1S/C11H19N3O3/c1-16-10-9(7-12-5-3-4-6-15)11(17-2)14-8-13-10/h8,12,15H,3-7H2,1-2H3. The van der Waals surface area contributed by atoms with Gasteiger partial charge in [-0.05, 0) is 19.4 Å². The Morgan fingerprint density at radius 3 is 2.35 bits per heavy atom. The average molecular weight is 241 g/mol. The predicted octanol–water partition coefficient (Wildman–Crippen LogP) is 0.356. The molecule has 0 radical (unpaired) electrons. The lowest BCUT2D eigenvalue weighted by Gasteiger charge is -2.11. The van der Waals surface area contributed by atoms with E-state index in [0.717, 1.165) is 24.9 Å². The number of aromatic nitrogens is 2. The second-order valence-electron chi connectivity index (χ2n) is 3.48. The Bertz CT molecular complexity index is 311. The minimum atomic E-state index is 0.225. The van der Waals surface area contributed by atoms with Gasteiger partial charge in [-0.2, -0.15) is 0 Å². The third-order valence-electron chi connectivity index (χ3n) is 2.32. The Labute approximate surface area is 101 Å². The highest BCUT2D eigenvalue weighted by Crippen LogP contribution is 2.22. The minimum Gasteiger partial charge on any atom is -0.481 e. The second kappa shape index (κ2) is 7.81. The van der Waals surface area contributed by atoms with Crippen molar-refractivity contribution >= 4 is 0 Å². The Morgan fingerprint density at radius 1 is 1.18 bits per heavy atom. The molecule has 2 N–H and O–H groups in total. The fourth-order valence-electron chi connectivity index (χ4n) is 1.46. The van der Waals surface area contributed by atoms with Gasteiger partial charge in [-0.3, -0.25) is 0 Å². The van der Waals surface area contributed by atoms with Crippen LogP contribution in [0.15, 0.2) is 6.33 Å². The summed E-state index contributed by atoms with van der Waals surface area (Å²) in [6, 6.07) is 0. The lowest BCUT2D eigenvalue weighted by atomic mass is 10.3. The van der Waals surface area contributed by atoms with Crippen LogP contribution in [0.1, 0.15) is 18.4 Å². The molecular formula is C11H19N3O3. The highest BCUT2D eigenvalue weighted by molar-refractivity contribution is 5.34. The molecule has 6 heteroatoms.